The van der Waals surface area contributed by atoms with Crippen molar-refractivity contribution >= 4 is 0 Å². The summed E-state index contributed by atoms with van der Waals surface area (Å²) in [7, 11) is 0. The largest absolute Gasteiger partial charge is 0.508 e. The molecule has 0 heterocycles. The summed E-state index contributed by atoms with van der Waals surface area (Å²) in [5.74, 6) is 3.15. The Morgan fingerprint density at radius 3 is 2.24 bits per heavy atom. The maximum atomic E-state index is 9.32. The van der Waals surface area contributed by atoms with Crippen LogP contribution in [0.1, 0.15) is 56.4 Å². The molecule has 1 N–H and O–H groups in total. The van der Waals surface area contributed by atoms with Crippen molar-refractivity contribution < 1.29 is 5.11 Å². The van der Waals surface area contributed by atoms with Crippen molar-refractivity contribution in [1.82, 2.24) is 0 Å². The van der Waals surface area contributed by atoms with Crippen LogP contribution in [0.2, 0.25) is 0 Å². The van der Waals surface area contributed by atoms with Gasteiger partial charge in [0.1, 0.15) is 5.75 Å². The van der Waals surface area contributed by atoms with Crippen LogP contribution < -0.4 is 0 Å². The molecule has 2 fully saturated rings. The molecule has 1 aromatic rings. The summed E-state index contributed by atoms with van der Waals surface area (Å²) in [4.78, 5) is 0. The van der Waals surface area contributed by atoms with Crippen molar-refractivity contribution in [2.45, 2.75) is 50.9 Å². The van der Waals surface area contributed by atoms with E-state index in [1.807, 2.05) is 12.1 Å². The molecule has 2 atom stereocenters. The van der Waals surface area contributed by atoms with Crippen LogP contribution in [0.25, 0.3) is 0 Å². The van der Waals surface area contributed by atoms with E-state index in [-0.39, 0.29) is 0 Å². The Morgan fingerprint density at radius 2 is 1.53 bits per heavy atom. The number of hydrogen-bond acceptors (Lipinski definition) is 1. The lowest BCUT2D eigenvalue weighted by Gasteiger charge is -2.18. The van der Waals surface area contributed by atoms with Crippen LogP contribution in [0, 0.1) is 11.8 Å². The number of hydrogen-bond donors (Lipinski definition) is 1. The molecule has 0 aromatic heterocycles. The van der Waals surface area contributed by atoms with Crippen LogP contribution >= 0.6 is 0 Å². The van der Waals surface area contributed by atoms with E-state index in [2.05, 4.69) is 12.1 Å². The predicted molar refractivity (Wildman–Crippen MR) is 70.1 cm³/mol. The zero-order valence-corrected chi connectivity index (χ0v) is 10.4. The summed E-state index contributed by atoms with van der Waals surface area (Å²) >= 11 is 0. The van der Waals surface area contributed by atoms with Gasteiger partial charge in [-0.3, -0.25) is 0 Å². The molecule has 92 valence electrons. The molecular formula is C16H22O. The highest BCUT2D eigenvalue weighted by Crippen LogP contribution is 2.46. The van der Waals surface area contributed by atoms with Gasteiger partial charge in [0.15, 0.2) is 0 Å². The first-order chi connectivity index (χ1) is 8.33. The lowest BCUT2D eigenvalue weighted by molar-refractivity contribution is 0.344. The Morgan fingerprint density at radius 1 is 0.824 bits per heavy atom. The SMILES string of the molecule is Oc1ccc(C2CCC(C3CCCC3)C2)cc1. The van der Waals surface area contributed by atoms with Gasteiger partial charge in [0.2, 0.25) is 0 Å². The predicted octanol–water partition coefficient (Wildman–Crippen LogP) is 4.47. The molecular weight excluding hydrogens is 208 g/mol. The average molecular weight is 230 g/mol. The zero-order valence-electron chi connectivity index (χ0n) is 10.4. The van der Waals surface area contributed by atoms with Crippen LogP contribution in [0.4, 0.5) is 0 Å². The third kappa shape index (κ3) is 2.34. The van der Waals surface area contributed by atoms with Crippen molar-refractivity contribution in [2.75, 3.05) is 0 Å². The van der Waals surface area contributed by atoms with E-state index >= 15 is 0 Å². The van der Waals surface area contributed by atoms with E-state index < -0.39 is 0 Å². The minimum absolute atomic E-state index is 0.388. The molecule has 0 spiro atoms. The molecule has 2 aliphatic rings. The van der Waals surface area contributed by atoms with Crippen molar-refractivity contribution in [1.29, 1.82) is 0 Å². The summed E-state index contributed by atoms with van der Waals surface area (Å²) in [6, 6.07) is 7.88. The number of aromatic hydroxyl groups is 1. The summed E-state index contributed by atoms with van der Waals surface area (Å²) in [5, 5.41) is 9.32. The fourth-order valence-corrected chi connectivity index (χ4v) is 3.92. The first-order valence-electron chi connectivity index (χ1n) is 7.12. The Labute approximate surface area is 104 Å². The van der Waals surface area contributed by atoms with E-state index in [9.17, 15) is 5.11 Å². The molecule has 1 nitrogen and oxygen atoms in total. The maximum Gasteiger partial charge on any atom is 0.115 e. The fourth-order valence-electron chi connectivity index (χ4n) is 3.92. The first kappa shape index (κ1) is 11.1. The highest BCUT2D eigenvalue weighted by atomic mass is 16.3. The molecule has 3 rings (SSSR count). The molecule has 0 amide bonds. The van der Waals surface area contributed by atoms with Gasteiger partial charge in [-0.1, -0.05) is 37.8 Å². The molecule has 2 unspecified atom stereocenters. The van der Waals surface area contributed by atoms with Gasteiger partial charge in [-0.15, -0.1) is 0 Å². The zero-order chi connectivity index (χ0) is 11.7. The Balaban J connectivity index is 1.65. The Bertz CT molecular complexity index is 362. The standard InChI is InChI=1S/C16H22O/c17-16-9-7-13(8-10-16)15-6-5-14(11-15)12-3-1-2-4-12/h7-10,12,14-15,17H,1-6,11H2. The van der Waals surface area contributed by atoms with E-state index in [0.717, 1.165) is 17.8 Å². The summed E-state index contributed by atoms with van der Waals surface area (Å²) < 4.78 is 0. The van der Waals surface area contributed by atoms with Crippen molar-refractivity contribution in [3.8, 4) is 5.75 Å². The number of phenols is 1. The van der Waals surface area contributed by atoms with Gasteiger partial charge in [0, 0.05) is 0 Å². The molecule has 0 radical (unpaired) electrons. The summed E-state index contributed by atoms with van der Waals surface area (Å²) in [6.07, 6.45) is 10.0. The molecule has 1 heteroatoms. The van der Waals surface area contributed by atoms with Crippen molar-refractivity contribution in [2.24, 2.45) is 11.8 Å². The van der Waals surface area contributed by atoms with E-state index in [4.69, 9.17) is 0 Å². The van der Waals surface area contributed by atoms with Crippen molar-refractivity contribution in [3.63, 3.8) is 0 Å². The first-order valence-corrected chi connectivity index (χ1v) is 7.12. The molecule has 2 aliphatic carbocycles. The molecule has 1 aromatic carbocycles. The second-order valence-electron chi connectivity index (χ2n) is 5.91. The van der Waals surface area contributed by atoms with Gasteiger partial charge < -0.3 is 5.11 Å². The summed E-state index contributed by atoms with van der Waals surface area (Å²) in [5.41, 5.74) is 1.43. The quantitative estimate of drug-likeness (QED) is 0.795. The molecule has 0 aliphatic heterocycles. The molecule has 2 saturated carbocycles. The number of benzene rings is 1. The lowest BCUT2D eigenvalue weighted by atomic mass is 9.87. The topological polar surface area (TPSA) is 20.2 Å². The average Bonchev–Trinajstić information content (AvgIpc) is 3.00. The van der Waals surface area contributed by atoms with Gasteiger partial charge in [-0.25, -0.2) is 0 Å². The van der Waals surface area contributed by atoms with Gasteiger partial charge in [-0.2, -0.15) is 0 Å². The van der Waals surface area contributed by atoms with E-state index in [0.29, 0.717) is 5.75 Å². The Kier molecular flexibility index (Phi) is 3.09. The van der Waals surface area contributed by atoms with Crippen LogP contribution in [0.3, 0.4) is 0 Å². The van der Waals surface area contributed by atoms with Crippen LogP contribution in [0.15, 0.2) is 24.3 Å². The van der Waals surface area contributed by atoms with E-state index in [1.54, 1.807) is 0 Å². The van der Waals surface area contributed by atoms with E-state index in [1.165, 1.54) is 50.5 Å². The molecule has 17 heavy (non-hydrogen) atoms. The minimum Gasteiger partial charge on any atom is -0.508 e. The Hall–Kier alpha value is -0.980. The second-order valence-corrected chi connectivity index (χ2v) is 5.91. The normalized spacial score (nSPS) is 29.9. The van der Waals surface area contributed by atoms with Gasteiger partial charge >= 0.3 is 0 Å². The lowest BCUT2D eigenvalue weighted by Crippen LogP contribution is -2.07. The van der Waals surface area contributed by atoms with Gasteiger partial charge in [0.25, 0.3) is 0 Å². The maximum absolute atomic E-state index is 9.32. The van der Waals surface area contributed by atoms with Gasteiger partial charge in [0.05, 0.1) is 0 Å². The molecule has 0 bridgehead atoms. The number of phenolic OH excluding ortho intramolecular Hbond substituents is 1. The van der Waals surface area contributed by atoms with Crippen LogP contribution in [0.5, 0.6) is 5.75 Å². The van der Waals surface area contributed by atoms with Crippen LogP contribution in [-0.2, 0) is 0 Å². The highest BCUT2D eigenvalue weighted by molar-refractivity contribution is 5.28. The fraction of sp³-hybridized carbons (Fsp3) is 0.625. The second kappa shape index (κ2) is 4.72. The third-order valence-corrected chi connectivity index (χ3v) is 4.90. The van der Waals surface area contributed by atoms with Gasteiger partial charge in [-0.05, 0) is 54.7 Å². The smallest absolute Gasteiger partial charge is 0.115 e. The minimum atomic E-state index is 0.388. The monoisotopic (exact) mass is 230 g/mol. The van der Waals surface area contributed by atoms with Crippen LogP contribution in [-0.4, -0.2) is 5.11 Å². The molecule has 0 saturated heterocycles. The van der Waals surface area contributed by atoms with Crippen molar-refractivity contribution in [3.05, 3.63) is 29.8 Å². The third-order valence-electron chi connectivity index (χ3n) is 4.90. The number of rotatable bonds is 2. The summed E-state index contributed by atoms with van der Waals surface area (Å²) in [6.45, 7) is 0. The highest BCUT2D eigenvalue weighted by Gasteiger charge is 2.32.